The zero-order valence-corrected chi connectivity index (χ0v) is 40.5. The minimum Gasteiger partial charge on any atom is -0.331 e. The van der Waals surface area contributed by atoms with E-state index in [0.717, 1.165) is 72.1 Å². The summed E-state index contributed by atoms with van der Waals surface area (Å²) >= 11 is 0. The summed E-state index contributed by atoms with van der Waals surface area (Å²) in [7, 11) is 0. The first-order chi connectivity index (χ1) is 36.6. The zero-order valence-electron chi connectivity index (χ0n) is 40.5. The Morgan fingerprint density at radius 1 is 0.297 bits per heavy atom. The van der Waals surface area contributed by atoms with Crippen LogP contribution >= 0.6 is 0 Å². The van der Waals surface area contributed by atoms with Gasteiger partial charge in [0.2, 0.25) is 5.82 Å². The molecule has 0 fully saturated rings. The topological polar surface area (TPSA) is 75.0 Å². The number of quaternary nitrogens is 2. The van der Waals surface area contributed by atoms with Crippen molar-refractivity contribution in [2.75, 3.05) is 0 Å². The molecule has 74 heavy (non-hydrogen) atoms. The second-order valence-corrected chi connectivity index (χ2v) is 19.4. The van der Waals surface area contributed by atoms with E-state index in [0.29, 0.717) is 0 Å². The van der Waals surface area contributed by atoms with Crippen molar-refractivity contribution in [3.8, 4) is 39.3 Å². The predicted molar refractivity (Wildman–Crippen MR) is 308 cm³/mol. The molecule has 0 amide bonds. The van der Waals surface area contributed by atoms with Gasteiger partial charge in [-0.25, -0.2) is 0 Å². The van der Waals surface area contributed by atoms with Gasteiger partial charge in [0.1, 0.15) is 6.20 Å². The Bertz CT molecular complexity index is 4910. The molecule has 4 aromatic heterocycles. The molecule has 0 aliphatic rings. The lowest BCUT2D eigenvalue weighted by atomic mass is 10.0. The monoisotopic (exact) mass is 948 g/mol. The molecule has 6 heteroatoms. The lowest BCUT2D eigenvalue weighted by molar-refractivity contribution is -0.255. The number of hydrogen-bond acceptors (Lipinski definition) is 0. The molecule has 0 aliphatic carbocycles. The van der Waals surface area contributed by atoms with E-state index in [1.54, 1.807) is 0 Å². The average molecular weight is 949 g/mol. The van der Waals surface area contributed by atoms with Gasteiger partial charge in [0.25, 0.3) is 0 Å². The van der Waals surface area contributed by atoms with Crippen LogP contribution in [0.4, 0.5) is 0 Å². The molecule has 0 radical (unpaired) electrons. The van der Waals surface area contributed by atoms with Gasteiger partial charge in [-0.1, -0.05) is 152 Å². The van der Waals surface area contributed by atoms with Gasteiger partial charge in [0.15, 0.2) is 0 Å². The minimum atomic E-state index is 0.885. The summed E-state index contributed by atoms with van der Waals surface area (Å²) in [6.45, 7) is 0. The van der Waals surface area contributed by atoms with Crippen LogP contribution in [0, 0.1) is 0 Å². The second-order valence-electron chi connectivity index (χ2n) is 19.4. The van der Waals surface area contributed by atoms with Gasteiger partial charge in [-0.15, -0.1) is 0 Å². The van der Waals surface area contributed by atoms with Crippen LogP contribution < -0.4 is 21.9 Å². The van der Waals surface area contributed by atoms with E-state index in [4.69, 9.17) is 5.73 Å². The maximum absolute atomic E-state index is 4.96. The fourth-order valence-electron chi connectivity index (χ4n) is 12.2. The summed E-state index contributed by atoms with van der Waals surface area (Å²) in [5.41, 5.74) is 26.7. The van der Waals surface area contributed by atoms with Gasteiger partial charge in [0.05, 0.1) is 60.3 Å². The van der Waals surface area contributed by atoms with Crippen molar-refractivity contribution in [3.05, 3.63) is 259 Å². The van der Waals surface area contributed by atoms with Crippen molar-refractivity contribution in [2.24, 2.45) is 0 Å². The van der Waals surface area contributed by atoms with E-state index < -0.39 is 0 Å². The SMILES string of the molecule is [NH3+]/C=c1/c(-n2c3ccccc3c3ccc(-c4ccc5c(c4)c4ccccc4n5-c4ccccc4)cc32)ccc/c1=C(/[NH3+])n1c2ccccc2c2ccc(-c3ccc4c(c3)c3ccccc3n4-c3ccccc3)cc21. The fraction of sp³-hybridized carbons (Fsp3) is 0. The van der Waals surface area contributed by atoms with E-state index in [1.165, 1.54) is 70.7 Å². The maximum atomic E-state index is 4.96. The largest absolute Gasteiger partial charge is 0.331 e. The number of benzene rings is 11. The third-order valence-corrected chi connectivity index (χ3v) is 15.5. The highest BCUT2D eigenvalue weighted by atomic mass is 15.1. The van der Waals surface area contributed by atoms with Crippen LogP contribution in [0.2, 0.25) is 0 Å². The molecule has 11 aromatic carbocycles. The summed E-state index contributed by atoms with van der Waals surface area (Å²) in [5, 5.41) is 11.7. The summed E-state index contributed by atoms with van der Waals surface area (Å²) < 4.78 is 9.53. The highest BCUT2D eigenvalue weighted by molar-refractivity contribution is 6.14. The molecule has 6 nitrogen and oxygen atoms in total. The first-order valence-electron chi connectivity index (χ1n) is 25.3. The molecule has 0 saturated heterocycles. The van der Waals surface area contributed by atoms with Gasteiger partial charge in [-0.3, -0.25) is 4.57 Å². The van der Waals surface area contributed by atoms with Crippen molar-refractivity contribution < 1.29 is 11.5 Å². The molecule has 4 heterocycles. The Morgan fingerprint density at radius 3 is 1.23 bits per heavy atom. The summed E-state index contributed by atoms with van der Waals surface area (Å²) in [5.74, 6) is 0.885. The smallest absolute Gasteiger partial charge is 0.216 e. The van der Waals surface area contributed by atoms with E-state index >= 15 is 0 Å². The van der Waals surface area contributed by atoms with Crippen molar-refractivity contribution in [3.63, 3.8) is 0 Å². The van der Waals surface area contributed by atoms with Crippen LogP contribution in [-0.2, 0) is 0 Å². The number of nitrogens with zero attached hydrogens (tertiary/aromatic N) is 4. The molecule has 0 bridgehead atoms. The number of aromatic nitrogens is 4. The summed E-state index contributed by atoms with van der Waals surface area (Å²) in [6, 6.07) is 90.5. The third kappa shape index (κ3) is 6.20. The molecular formula is C68H48N6+2. The van der Waals surface area contributed by atoms with Crippen LogP contribution in [0.15, 0.2) is 249 Å². The van der Waals surface area contributed by atoms with Crippen LogP contribution in [0.3, 0.4) is 0 Å². The maximum Gasteiger partial charge on any atom is 0.216 e. The summed E-state index contributed by atoms with van der Waals surface area (Å²) in [4.78, 5) is 0. The fourth-order valence-corrected chi connectivity index (χ4v) is 12.2. The highest BCUT2D eigenvalue weighted by Gasteiger charge is 2.21. The molecule has 0 unspecified atom stereocenters. The number of para-hydroxylation sites is 6. The van der Waals surface area contributed by atoms with Gasteiger partial charge in [0, 0.05) is 54.5 Å². The quantitative estimate of drug-likeness (QED) is 0.167. The minimum absolute atomic E-state index is 0.885. The lowest BCUT2D eigenvalue weighted by Gasteiger charge is -2.12. The van der Waals surface area contributed by atoms with Crippen LogP contribution in [0.5, 0.6) is 0 Å². The zero-order chi connectivity index (χ0) is 49.0. The van der Waals surface area contributed by atoms with Gasteiger partial charge >= 0.3 is 0 Å². The Balaban J connectivity index is 0.910. The first-order valence-corrected chi connectivity index (χ1v) is 25.3. The van der Waals surface area contributed by atoms with Crippen molar-refractivity contribution in [1.29, 1.82) is 0 Å². The Kier molecular flexibility index (Phi) is 9.32. The van der Waals surface area contributed by atoms with E-state index in [2.05, 4.69) is 273 Å². The third-order valence-electron chi connectivity index (χ3n) is 15.5. The Labute approximate surface area is 425 Å². The molecule has 0 spiro atoms. The van der Waals surface area contributed by atoms with E-state index in [9.17, 15) is 0 Å². The van der Waals surface area contributed by atoms with Gasteiger partial charge < -0.3 is 25.2 Å². The van der Waals surface area contributed by atoms with Gasteiger partial charge in [-0.05, 0) is 119 Å². The standard InChI is InChI=1S/C68H46N6/c69-42-58-55(68(70)74-62-28-14-8-21-50(62)54-35-31-46(41-67(54)74)44-33-37-65-57(39-44)52-23-10-12-26-60(52)72(65)48-18-5-2-6-19-48)24-15-29-63(58)73-61-27-13-7-20-49(61)53-34-30-45(40-66(53)73)43-32-36-64-56(38-43)51-22-9-11-25-59(51)71(64)47-16-3-1-4-17-47/h1-42H,69-70H2/p+2/b58-42+,68-55+. The van der Waals surface area contributed by atoms with Gasteiger partial charge in [-0.2, -0.15) is 0 Å². The first kappa shape index (κ1) is 42.0. The number of fused-ring (bicyclic) bond motifs is 12. The molecule has 15 aromatic rings. The van der Waals surface area contributed by atoms with Crippen molar-refractivity contribution in [1.82, 2.24) is 18.3 Å². The average Bonchev–Trinajstić information content (AvgIpc) is 4.22. The summed E-state index contributed by atoms with van der Waals surface area (Å²) in [6.07, 6.45) is 2.01. The van der Waals surface area contributed by atoms with Crippen molar-refractivity contribution >= 4 is 99.2 Å². The second kappa shape index (κ2) is 16.4. The molecule has 6 N–H and O–H groups in total. The number of hydrogen-bond donors (Lipinski definition) is 2. The van der Waals surface area contributed by atoms with E-state index in [-0.39, 0.29) is 0 Å². The molecular weight excluding hydrogens is 901 g/mol. The van der Waals surface area contributed by atoms with Crippen LogP contribution in [-0.4, -0.2) is 18.3 Å². The van der Waals surface area contributed by atoms with Crippen LogP contribution in [0.25, 0.3) is 139 Å². The highest BCUT2D eigenvalue weighted by Crippen LogP contribution is 2.40. The predicted octanol–water partition coefficient (Wildman–Crippen LogP) is 13.3. The molecule has 0 aliphatic heterocycles. The molecule has 0 saturated carbocycles. The van der Waals surface area contributed by atoms with Crippen molar-refractivity contribution in [2.45, 2.75) is 0 Å². The molecule has 348 valence electrons. The Morgan fingerprint density at radius 2 is 0.689 bits per heavy atom. The number of rotatable bonds is 6. The molecule has 0 atom stereocenters. The van der Waals surface area contributed by atoms with Crippen LogP contribution in [0.1, 0.15) is 0 Å². The Hall–Kier alpha value is -9.72. The van der Waals surface area contributed by atoms with E-state index in [1.807, 2.05) is 6.20 Å². The normalized spacial score (nSPS) is 12.8. The molecule has 15 rings (SSSR count). The lowest BCUT2D eigenvalue weighted by Crippen LogP contribution is -2.57.